The monoisotopic (exact) mass is 225 g/mol. The lowest BCUT2D eigenvalue weighted by Crippen LogP contribution is -2.18. The maximum atomic E-state index is 14.3. The van der Waals surface area contributed by atoms with Gasteiger partial charge in [0, 0.05) is 12.3 Å². The van der Waals surface area contributed by atoms with E-state index in [4.69, 9.17) is 0 Å². The van der Waals surface area contributed by atoms with Crippen LogP contribution in [0.2, 0.25) is 0 Å². The van der Waals surface area contributed by atoms with E-state index in [1.807, 2.05) is 31.3 Å². The van der Waals surface area contributed by atoms with Crippen molar-refractivity contribution in [3.05, 3.63) is 35.4 Å². The van der Waals surface area contributed by atoms with Gasteiger partial charge in [0.05, 0.1) is 0 Å². The molecular formula is C12H16FNS. The molecule has 1 saturated heterocycles. The van der Waals surface area contributed by atoms with E-state index in [-0.39, 0.29) is 0 Å². The Kier molecular flexibility index (Phi) is 3.32. The van der Waals surface area contributed by atoms with E-state index in [2.05, 4.69) is 5.32 Å². The minimum Gasteiger partial charge on any atom is -0.316 e. The molecule has 1 aliphatic rings. The molecule has 1 nitrogen and oxygen atoms in total. The molecule has 3 heteroatoms. The SMILES string of the molecule is CNCc1ccc(C2(F)CCSC2)cc1. The van der Waals surface area contributed by atoms with Crippen molar-refractivity contribution in [3.63, 3.8) is 0 Å². The summed E-state index contributed by atoms with van der Waals surface area (Å²) in [4.78, 5) is 0. The minimum absolute atomic E-state index is 0.609. The molecule has 82 valence electrons. The van der Waals surface area contributed by atoms with E-state index >= 15 is 0 Å². The fraction of sp³-hybridized carbons (Fsp3) is 0.500. The van der Waals surface area contributed by atoms with Crippen LogP contribution in [0.1, 0.15) is 17.5 Å². The third kappa shape index (κ3) is 2.34. The van der Waals surface area contributed by atoms with E-state index in [0.717, 1.165) is 17.9 Å². The maximum absolute atomic E-state index is 14.3. The van der Waals surface area contributed by atoms with Gasteiger partial charge >= 0.3 is 0 Å². The first-order chi connectivity index (χ1) is 7.24. The van der Waals surface area contributed by atoms with Gasteiger partial charge in [-0.1, -0.05) is 24.3 Å². The molecule has 0 spiro atoms. The van der Waals surface area contributed by atoms with Gasteiger partial charge in [-0.3, -0.25) is 0 Å². The third-order valence-corrected chi connectivity index (χ3v) is 3.98. The van der Waals surface area contributed by atoms with Gasteiger partial charge in [-0.15, -0.1) is 0 Å². The number of halogens is 1. The lowest BCUT2D eigenvalue weighted by molar-refractivity contribution is 0.202. The maximum Gasteiger partial charge on any atom is 0.145 e. The van der Waals surface area contributed by atoms with Crippen LogP contribution in [-0.2, 0) is 12.2 Å². The molecule has 0 aromatic heterocycles. The van der Waals surface area contributed by atoms with Crippen LogP contribution < -0.4 is 5.32 Å². The van der Waals surface area contributed by atoms with Crippen LogP contribution in [0, 0.1) is 0 Å². The molecule has 1 aromatic carbocycles. The van der Waals surface area contributed by atoms with Crippen molar-refractivity contribution < 1.29 is 4.39 Å². The summed E-state index contributed by atoms with van der Waals surface area (Å²) in [5.41, 5.74) is 0.964. The third-order valence-electron chi connectivity index (χ3n) is 2.83. The molecule has 0 aliphatic carbocycles. The average Bonchev–Trinajstić information content (AvgIpc) is 2.68. The van der Waals surface area contributed by atoms with Crippen molar-refractivity contribution in [2.24, 2.45) is 0 Å². The Morgan fingerprint density at radius 1 is 1.40 bits per heavy atom. The highest BCUT2D eigenvalue weighted by atomic mass is 32.2. The lowest BCUT2D eigenvalue weighted by Gasteiger charge is -2.18. The van der Waals surface area contributed by atoms with Crippen LogP contribution in [0.3, 0.4) is 0 Å². The Labute approximate surface area is 94.5 Å². The predicted octanol–water partition coefficient (Wildman–Crippen LogP) is 2.71. The van der Waals surface area contributed by atoms with Gasteiger partial charge in [0.25, 0.3) is 0 Å². The number of nitrogens with one attached hydrogen (secondary N) is 1. The van der Waals surface area contributed by atoms with Gasteiger partial charge in [-0.05, 0) is 30.3 Å². The van der Waals surface area contributed by atoms with E-state index < -0.39 is 5.67 Å². The van der Waals surface area contributed by atoms with Gasteiger partial charge < -0.3 is 5.32 Å². The molecule has 0 bridgehead atoms. The molecule has 1 aromatic rings. The van der Waals surface area contributed by atoms with E-state index in [1.54, 1.807) is 11.8 Å². The second-order valence-corrected chi connectivity index (χ2v) is 5.10. The second-order valence-electron chi connectivity index (χ2n) is 4.00. The molecule has 1 unspecified atom stereocenters. The summed E-state index contributed by atoms with van der Waals surface area (Å²) in [5, 5.41) is 3.08. The van der Waals surface area contributed by atoms with Gasteiger partial charge in [-0.2, -0.15) is 11.8 Å². The summed E-state index contributed by atoms with van der Waals surface area (Å²) >= 11 is 1.70. The molecule has 1 aliphatic heterocycles. The predicted molar refractivity (Wildman–Crippen MR) is 63.9 cm³/mol. The normalized spacial score (nSPS) is 25.7. The topological polar surface area (TPSA) is 12.0 Å². The first kappa shape index (κ1) is 11.0. The number of alkyl halides is 1. The van der Waals surface area contributed by atoms with Crippen molar-refractivity contribution in [2.45, 2.75) is 18.6 Å². The summed E-state index contributed by atoms with van der Waals surface area (Å²) in [5.74, 6) is 1.55. The number of thioether (sulfide) groups is 1. The van der Waals surface area contributed by atoms with Crippen molar-refractivity contribution >= 4 is 11.8 Å². The van der Waals surface area contributed by atoms with Crippen LogP contribution in [-0.4, -0.2) is 18.6 Å². The lowest BCUT2D eigenvalue weighted by atomic mass is 9.94. The summed E-state index contributed by atoms with van der Waals surface area (Å²) in [6, 6.07) is 7.88. The number of benzene rings is 1. The molecule has 0 saturated carbocycles. The summed E-state index contributed by atoms with van der Waals surface area (Å²) in [6.45, 7) is 0.842. The van der Waals surface area contributed by atoms with E-state index in [0.29, 0.717) is 12.2 Å². The van der Waals surface area contributed by atoms with Crippen LogP contribution in [0.4, 0.5) is 4.39 Å². The highest BCUT2D eigenvalue weighted by Gasteiger charge is 2.35. The van der Waals surface area contributed by atoms with Crippen LogP contribution in [0.5, 0.6) is 0 Å². The zero-order valence-electron chi connectivity index (χ0n) is 8.92. The molecule has 0 radical (unpaired) electrons. The Morgan fingerprint density at radius 3 is 2.67 bits per heavy atom. The molecule has 15 heavy (non-hydrogen) atoms. The van der Waals surface area contributed by atoms with Crippen LogP contribution >= 0.6 is 11.8 Å². The van der Waals surface area contributed by atoms with Crippen molar-refractivity contribution in [1.82, 2.24) is 5.32 Å². The average molecular weight is 225 g/mol. The molecule has 1 N–H and O–H groups in total. The zero-order chi connectivity index (χ0) is 10.7. The molecular weight excluding hydrogens is 209 g/mol. The highest BCUT2D eigenvalue weighted by Crippen LogP contribution is 2.40. The molecule has 1 fully saturated rings. The minimum atomic E-state index is -1.08. The molecule has 0 amide bonds. The van der Waals surface area contributed by atoms with Crippen LogP contribution in [0.15, 0.2) is 24.3 Å². The Morgan fingerprint density at radius 2 is 2.13 bits per heavy atom. The molecule has 1 atom stereocenters. The van der Waals surface area contributed by atoms with Crippen molar-refractivity contribution in [2.75, 3.05) is 18.6 Å². The summed E-state index contributed by atoms with van der Waals surface area (Å²) in [7, 11) is 1.91. The van der Waals surface area contributed by atoms with Crippen molar-refractivity contribution in [3.8, 4) is 0 Å². The van der Waals surface area contributed by atoms with Crippen molar-refractivity contribution in [1.29, 1.82) is 0 Å². The number of hydrogen-bond acceptors (Lipinski definition) is 2. The van der Waals surface area contributed by atoms with Gasteiger partial charge in [-0.25, -0.2) is 4.39 Å². The van der Waals surface area contributed by atoms with Gasteiger partial charge in [0.1, 0.15) is 5.67 Å². The highest BCUT2D eigenvalue weighted by molar-refractivity contribution is 7.99. The first-order valence-corrected chi connectivity index (χ1v) is 6.41. The first-order valence-electron chi connectivity index (χ1n) is 5.25. The van der Waals surface area contributed by atoms with E-state index in [9.17, 15) is 4.39 Å². The second kappa shape index (κ2) is 4.54. The molecule has 1 heterocycles. The van der Waals surface area contributed by atoms with Gasteiger partial charge in [0.2, 0.25) is 0 Å². The Balaban J connectivity index is 2.15. The summed E-state index contributed by atoms with van der Waals surface area (Å²) < 4.78 is 14.3. The zero-order valence-corrected chi connectivity index (χ0v) is 9.74. The fourth-order valence-corrected chi connectivity index (χ4v) is 3.14. The Hall–Kier alpha value is -0.540. The summed E-state index contributed by atoms with van der Waals surface area (Å²) in [6.07, 6.45) is 0.656. The van der Waals surface area contributed by atoms with E-state index in [1.165, 1.54) is 5.56 Å². The number of rotatable bonds is 3. The van der Waals surface area contributed by atoms with Crippen LogP contribution in [0.25, 0.3) is 0 Å². The fourth-order valence-electron chi connectivity index (χ4n) is 1.89. The quantitative estimate of drug-likeness (QED) is 0.849. The number of hydrogen-bond donors (Lipinski definition) is 1. The molecule has 2 rings (SSSR count). The standard InChI is InChI=1S/C12H16FNS/c1-14-8-10-2-4-11(5-3-10)12(13)6-7-15-9-12/h2-5,14H,6-9H2,1H3. The Bertz CT molecular complexity index is 317. The smallest absolute Gasteiger partial charge is 0.145 e. The van der Waals surface area contributed by atoms with Gasteiger partial charge in [0.15, 0.2) is 0 Å². The largest absolute Gasteiger partial charge is 0.316 e.